The van der Waals surface area contributed by atoms with Crippen molar-refractivity contribution < 1.29 is 8.42 Å². The van der Waals surface area contributed by atoms with E-state index >= 15 is 0 Å². The fraction of sp³-hybridized carbons (Fsp3) is 0.316. The maximum Gasteiger partial charge on any atom is 0.243 e. The Morgan fingerprint density at radius 3 is 2.38 bits per heavy atom. The molecule has 0 amide bonds. The van der Waals surface area contributed by atoms with Gasteiger partial charge in [0.15, 0.2) is 5.13 Å². The monoisotopic (exact) mass is 387 g/mol. The first kappa shape index (κ1) is 17.5. The maximum atomic E-state index is 12.7. The number of aromatic nitrogens is 1. The van der Waals surface area contributed by atoms with E-state index in [2.05, 4.69) is 30.9 Å². The number of anilines is 1. The summed E-state index contributed by atoms with van der Waals surface area (Å²) >= 11 is 1.68. The number of thiazole rings is 1. The van der Waals surface area contributed by atoms with Crippen LogP contribution in [-0.4, -0.2) is 43.9 Å². The van der Waals surface area contributed by atoms with Crippen molar-refractivity contribution in [2.75, 3.05) is 31.1 Å². The molecule has 1 aliphatic heterocycles. The van der Waals surface area contributed by atoms with Crippen LogP contribution < -0.4 is 4.90 Å². The van der Waals surface area contributed by atoms with Crippen LogP contribution in [0.2, 0.25) is 0 Å². The highest BCUT2D eigenvalue weighted by Crippen LogP contribution is 2.32. The van der Waals surface area contributed by atoms with Gasteiger partial charge >= 0.3 is 0 Å². The molecule has 7 heteroatoms. The fourth-order valence-corrected chi connectivity index (χ4v) is 5.99. The molecule has 0 atom stereocenters. The van der Waals surface area contributed by atoms with Crippen molar-refractivity contribution in [3.8, 4) is 0 Å². The summed E-state index contributed by atoms with van der Waals surface area (Å²) in [5, 5.41) is 0.977. The number of sulfonamides is 1. The fourth-order valence-electron chi connectivity index (χ4n) is 3.36. The van der Waals surface area contributed by atoms with Gasteiger partial charge in [0.05, 0.1) is 15.1 Å². The summed E-state index contributed by atoms with van der Waals surface area (Å²) in [5.41, 5.74) is 3.48. The summed E-state index contributed by atoms with van der Waals surface area (Å²) in [4.78, 5) is 7.35. The third-order valence-electron chi connectivity index (χ3n) is 4.71. The molecule has 26 heavy (non-hydrogen) atoms. The molecule has 0 unspecified atom stereocenters. The zero-order valence-corrected chi connectivity index (χ0v) is 16.5. The lowest BCUT2D eigenvalue weighted by atomic mass is 10.1. The smallest absolute Gasteiger partial charge is 0.243 e. The second kappa shape index (κ2) is 6.64. The standard InChI is InChI=1S/C19H21N3O2S2/c1-14-12-15(2)18-17(13-14)25-19(20-18)21-8-10-22(11-9-21)26(23,24)16-6-4-3-5-7-16/h3-7,12-13H,8-11H2,1-2H3. The first-order valence-corrected chi connectivity index (χ1v) is 10.9. The summed E-state index contributed by atoms with van der Waals surface area (Å²) in [6.07, 6.45) is 0. The van der Waals surface area contributed by atoms with E-state index in [1.54, 1.807) is 39.9 Å². The van der Waals surface area contributed by atoms with Crippen LogP contribution in [0.5, 0.6) is 0 Å². The maximum absolute atomic E-state index is 12.7. The highest BCUT2D eigenvalue weighted by Gasteiger charge is 2.29. The molecule has 1 aromatic heterocycles. The molecule has 0 bridgehead atoms. The SMILES string of the molecule is Cc1cc(C)c2nc(N3CCN(S(=O)(=O)c4ccccc4)CC3)sc2c1. The summed E-state index contributed by atoms with van der Waals surface area (Å²) in [6, 6.07) is 13.0. The molecule has 3 aromatic rings. The lowest BCUT2D eigenvalue weighted by molar-refractivity contribution is 0.385. The first-order valence-electron chi connectivity index (χ1n) is 8.63. The van der Waals surface area contributed by atoms with E-state index in [4.69, 9.17) is 4.98 Å². The zero-order chi connectivity index (χ0) is 18.3. The number of benzene rings is 2. The van der Waals surface area contributed by atoms with E-state index in [-0.39, 0.29) is 0 Å². The van der Waals surface area contributed by atoms with Gasteiger partial charge in [0, 0.05) is 26.2 Å². The molecule has 5 nitrogen and oxygen atoms in total. The summed E-state index contributed by atoms with van der Waals surface area (Å²) < 4.78 is 28.3. The molecule has 0 radical (unpaired) electrons. The lowest BCUT2D eigenvalue weighted by Gasteiger charge is -2.33. The summed E-state index contributed by atoms with van der Waals surface area (Å²) in [7, 11) is -3.41. The zero-order valence-electron chi connectivity index (χ0n) is 14.8. The van der Waals surface area contributed by atoms with Gasteiger partial charge in [0.25, 0.3) is 0 Å². The van der Waals surface area contributed by atoms with Gasteiger partial charge in [-0.15, -0.1) is 0 Å². The van der Waals surface area contributed by atoms with Crippen LogP contribution >= 0.6 is 11.3 Å². The molecule has 136 valence electrons. The van der Waals surface area contributed by atoms with Gasteiger partial charge in [0.2, 0.25) is 10.0 Å². The van der Waals surface area contributed by atoms with Gasteiger partial charge in [-0.2, -0.15) is 4.31 Å². The van der Waals surface area contributed by atoms with E-state index in [9.17, 15) is 8.42 Å². The Labute approximate surface area is 157 Å². The Balaban J connectivity index is 1.53. The minimum Gasteiger partial charge on any atom is -0.345 e. The van der Waals surface area contributed by atoms with E-state index in [1.807, 2.05) is 6.07 Å². The van der Waals surface area contributed by atoms with Crippen molar-refractivity contribution in [1.82, 2.24) is 9.29 Å². The van der Waals surface area contributed by atoms with Crippen LogP contribution in [0.1, 0.15) is 11.1 Å². The van der Waals surface area contributed by atoms with Crippen molar-refractivity contribution in [3.05, 3.63) is 53.6 Å². The predicted octanol–water partition coefficient (Wildman–Crippen LogP) is 3.42. The number of piperazine rings is 1. The van der Waals surface area contributed by atoms with Gasteiger partial charge in [-0.25, -0.2) is 13.4 Å². The van der Waals surface area contributed by atoms with Gasteiger partial charge in [0.1, 0.15) is 0 Å². The molecule has 0 N–H and O–H groups in total. The number of fused-ring (bicyclic) bond motifs is 1. The van der Waals surface area contributed by atoms with Crippen molar-refractivity contribution in [2.45, 2.75) is 18.7 Å². The molecule has 0 aliphatic carbocycles. The number of aryl methyl sites for hydroxylation is 2. The number of hydrogen-bond donors (Lipinski definition) is 0. The molecule has 2 heterocycles. The number of nitrogens with zero attached hydrogens (tertiary/aromatic N) is 3. The summed E-state index contributed by atoms with van der Waals surface area (Å²) in [6.45, 7) is 6.45. The quantitative estimate of drug-likeness (QED) is 0.691. The van der Waals surface area contributed by atoms with Crippen LogP contribution in [-0.2, 0) is 10.0 Å². The van der Waals surface area contributed by atoms with Gasteiger partial charge < -0.3 is 4.90 Å². The minimum atomic E-state index is -3.41. The topological polar surface area (TPSA) is 53.5 Å². The Morgan fingerprint density at radius 1 is 1.00 bits per heavy atom. The number of hydrogen-bond acceptors (Lipinski definition) is 5. The first-order chi connectivity index (χ1) is 12.4. The molecule has 1 saturated heterocycles. The molecule has 4 rings (SSSR count). The van der Waals surface area contributed by atoms with Crippen LogP contribution in [0.4, 0.5) is 5.13 Å². The summed E-state index contributed by atoms with van der Waals surface area (Å²) in [5.74, 6) is 0. The third-order valence-corrected chi connectivity index (χ3v) is 7.68. The van der Waals surface area contributed by atoms with Crippen molar-refractivity contribution in [2.24, 2.45) is 0 Å². The normalized spacial score (nSPS) is 16.3. The molecule has 0 saturated carbocycles. The number of rotatable bonds is 3. The molecular weight excluding hydrogens is 366 g/mol. The Morgan fingerprint density at radius 2 is 1.69 bits per heavy atom. The molecule has 1 fully saturated rings. The van der Waals surface area contributed by atoms with Crippen molar-refractivity contribution in [1.29, 1.82) is 0 Å². The van der Waals surface area contributed by atoms with E-state index in [0.717, 1.165) is 10.6 Å². The second-order valence-corrected chi connectivity index (χ2v) is 9.58. The average Bonchev–Trinajstić information content (AvgIpc) is 3.07. The lowest BCUT2D eigenvalue weighted by Crippen LogP contribution is -2.48. The third kappa shape index (κ3) is 3.11. The van der Waals surface area contributed by atoms with E-state index in [0.29, 0.717) is 31.1 Å². The minimum absolute atomic E-state index is 0.361. The van der Waals surface area contributed by atoms with Crippen LogP contribution in [0.15, 0.2) is 47.4 Å². The second-order valence-electron chi connectivity index (χ2n) is 6.63. The van der Waals surface area contributed by atoms with Crippen molar-refractivity contribution in [3.63, 3.8) is 0 Å². The van der Waals surface area contributed by atoms with Gasteiger partial charge in [-0.3, -0.25) is 0 Å². The van der Waals surface area contributed by atoms with Crippen LogP contribution in [0, 0.1) is 13.8 Å². The molecular formula is C19H21N3O2S2. The predicted molar refractivity (Wildman–Crippen MR) is 107 cm³/mol. The Bertz CT molecular complexity index is 1040. The molecule has 0 spiro atoms. The van der Waals surface area contributed by atoms with Crippen molar-refractivity contribution >= 4 is 36.7 Å². The van der Waals surface area contributed by atoms with Gasteiger partial charge in [-0.1, -0.05) is 35.6 Å². The largest absolute Gasteiger partial charge is 0.345 e. The highest BCUT2D eigenvalue weighted by atomic mass is 32.2. The van der Waals surface area contributed by atoms with Crippen LogP contribution in [0.25, 0.3) is 10.2 Å². The Kier molecular flexibility index (Phi) is 4.46. The van der Waals surface area contributed by atoms with E-state index in [1.165, 1.54) is 15.8 Å². The van der Waals surface area contributed by atoms with Crippen LogP contribution in [0.3, 0.4) is 0 Å². The molecule has 2 aromatic carbocycles. The average molecular weight is 388 g/mol. The highest BCUT2D eigenvalue weighted by molar-refractivity contribution is 7.89. The van der Waals surface area contributed by atoms with E-state index < -0.39 is 10.0 Å². The van der Waals surface area contributed by atoms with Gasteiger partial charge in [-0.05, 0) is 43.2 Å². The molecule has 1 aliphatic rings. The Hall–Kier alpha value is -1.96.